The molecule has 0 radical (unpaired) electrons. The molecule has 0 spiro atoms. The highest BCUT2D eigenvalue weighted by atomic mass is 16.5. The van der Waals surface area contributed by atoms with Gasteiger partial charge in [0.2, 0.25) is 0 Å². The minimum absolute atomic E-state index is 0.0442. The van der Waals surface area contributed by atoms with Gasteiger partial charge < -0.3 is 21.0 Å². The third-order valence-corrected chi connectivity index (χ3v) is 2.87. The van der Waals surface area contributed by atoms with Gasteiger partial charge in [-0.25, -0.2) is 0 Å². The number of oxime groups is 1. The van der Waals surface area contributed by atoms with E-state index in [1.807, 2.05) is 0 Å². The molecule has 1 amide bonds. The molecule has 0 aromatic carbocycles. The largest absolute Gasteiger partial charge is 0.409 e. The lowest BCUT2D eigenvalue weighted by Crippen LogP contribution is -2.53. The third-order valence-electron chi connectivity index (χ3n) is 2.87. The van der Waals surface area contributed by atoms with Gasteiger partial charge in [-0.05, 0) is 32.6 Å². The van der Waals surface area contributed by atoms with Crippen molar-refractivity contribution < 1.29 is 14.7 Å². The standard InChI is InChI=1S/C10H19N3O3/c1-10(2,16-3)9(14)12-7(6-4-5-6)8(11)13-15/h6-7,15H,4-5H2,1-3H3,(H2,11,13)(H,12,14). The maximum atomic E-state index is 11.8. The zero-order valence-electron chi connectivity index (χ0n) is 9.86. The van der Waals surface area contributed by atoms with E-state index < -0.39 is 11.6 Å². The minimum Gasteiger partial charge on any atom is -0.409 e. The lowest BCUT2D eigenvalue weighted by atomic mass is 10.1. The normalized spacial score (nSPS) is 19.3. The summed E-state index contributed by atoms with van der Waals surface area (Å²) in [7, 11) is 1.47. The number of nitrogens with one attached hydrogen (secondary N) is 1. The number of amidine groups is 1. The van der Waals surface area contributed by atoms with Crippen molar-refractivity contribution in [2.75, 3.05) is 7.11 Å². The molecule has 1 unspecified atom stereocenters. The Morgan fingerprint density at radius 1 is 1.62 bits per heavy atom. The fourth-order valence-electron chi connectivity index (χ4n) is 1.33. The van der Waals surface area contributed by atoms with Gasteiger partial charge in [-0.2, -0.15) is 0 Å². The molecule has 1 aliphatic rings. The highest BCUT2D eigenvalue weighted by molar-refractivity contribution is 5.93. The molecule has 1 aliphatic carbocycles. The van der Waals surface area contributed by atoms with Gasteiger partial charge >= 0.3 is 0 Å². The number of rotatable bonds is 5. The Morgan fingerprint density at radius 2 is 2.19 bits per heavy atom. The van der Waals surface area contributed by atoms with Gasteiger partial charge in [0, 0.05) is 7.11 Å². The van der Waals surface area contributed by atoms with Gasteiger partial charge in [0.25, 0.3) is 5.91 Å². The van der Waals surface area contributed by atoms with Crippen LogP contribution in [0.1, 0.15) is 26.7 Å². The Morgan fingerprint density at radius 3 is 2.56 bits per heavy atom. The number of methoxy groups -OCH3 is 1. The number of ether oxygens (including phenoxy) is 1. The summed E-state index contributed by atoms with van der Waals surface area (Å²) in [5, 5.41) is 14.3. The maximum absolute atomic E-state index is 11.8. The van der Waals surface area contributed by atoms with Gasteiger partial charge in [-0.1, -0.05) is 5.16 Å². The van der Waals surface area contributed by atoms with E-state index in [9.17, 15) is 4.79 Å². The van der Waals surface area contributed by atoms with Crippen molar-refractivity contribution in [1.29, 1.82) is 0 Å². The average Bonchev–Trinajstić information content (AvgIpc) is 3.08. The van der Waals surface area contributed by atoms with E-state index in [0.29, 0.717) is 0 Å². The first-order valence-electron chi connectivity index (χ1n) is 5.26. The van der Waals surface area contributed by atoms with Crippen LogP contribution in [-0.4, -0.2) is 35.7 Å². The smallest absolute Gasteiger partial charge is 0.252 e. The predicted octanol–water partition coefficient (Wildman–Crippen LogP) is 0.0526. The van der Waals surface area contributed by atoms with Crippen LogP contribution in [0.2, 0.25) is 0 Å². The van der Waals surface area contributed by atoms with Crippen LogP contribution >= 0.6 is 0 Å². The van der Waals surface area contributed by atoms with Crippen LogP contribution in [0, 0.1) is 5.92 Å². The molecule has 1 saturated carbocycles. The molecule has 4 N–H and O–H groups in total. The van der Waals surface area contributed by atoms with Crippen molar-refractivity contribution in [1.82, 2.24) is 5.32 Å². The van der Waals surface area contributed by atoms with Crippen molar-refractivity contribution >= 4 is 11.7 Å². The summed E-state index contributed by atoms with van der Waals surface area (Å²) >= 11 is 0. The number of nitrogens with zero attached hydrogens (tertiary/aromatic N) is 1. The Kier molecular flexibility index (Phi) is 3.74. The first-order valence-corrected chi connectivity index (χ1v) is 5.26. The quantitative estimate of drug-likeness (QED) is 0.268. The van der Waals surface area contributed by atoms with Crippen LogP contribution in [0.3, 0.4) is 0 Å². The molecular formula is C10H19N3O3. The third kappa shape index (κ3) is 2.85. The molecule has 0 aliphatic heterocycles. The number of nitrogens with two attached hydrogens (primary N) is 1. The highest BCUT2D eigenvalue weighted by Gasteiger charge is 2.38. The van der Waals surface area contributed by atoms with Crippen molar-refractivity contribution in [3.05, 3.63) is 0 Å². The maximum Gasteiger partial charge on any atom is 0.252 e. The molecule has 1 atom stereocenters. The summed E-state index contributed by atoms with van der Waals surface area (Å²) in [5.74, 6) is 0.0498. The van der Waals surface area contributed by atoms with Crippen molar-refractivity contribution in [2.45, 2.75) is 38.3 Å². The van der Waals surface area contributed by atoms with Crippen LogP contribution in [-0.2, 0) is 9.53 Å². The van der Waals surface area contributed by atoms with Gasteiger partial charge in [-0.3, -0.25) is 4.79 Å². The van der Waals surface area contributed by atoms with Crippen LogP contribution in [0.15, 0.2) is 5.16 Å². The summed E-state index contributed by atoms with van der Waals surface area (Å²) in [4.78, 5) is 11.8. The van der Waals surface area contributed by atoms with E-state index in [1.54, 1.807) is 13.8 Å². The van der Waals surface area contributed by atoms with E-state index in [4.69, 9.17) is 15.7 Å². The Hall–Kier alpha value is -1.30. The van der Waals surface area contributed by atoms with Gasteiger partial charge in [0.05, 0.1) is 6.04 Å². The number of carbonyl (C=O) groups is 1. The molecule has 1 fully saturated rings. The summed E-state index contributed by atoms with van der Waals surface area (Å²) in [6.45, 7) is 3.33. The SMILES string of the molecule is COC(C)(C)C(=O)NC(C(N)=NO)C1CC1. The van der Waals surface area contributed by atoms with Crippen LogP contribution < -0.4 is 11.1 Å². The van der Waals surface area contributed by atoms with Gasteiger partial charge in [0.1, 0.15) is 5.60 Å². The summed E-state index contributed by atoms with van der Waals surface area (Å²) in [6, 6.07) is -0.396. The van der Waals surface area contributed by atoms with E-state index >= 15 is 0 Å². The average molecular weight is 229 g/mol. The molecular weight excluding hydrogens is 210 g/mol. The zero-order valence-corrected chi connectivity index (χ0v) is 9.86. The topological polar surface area (TPSA) is 96.9 Å². The molecule has 1 rings (SSSR count). The van der Waals surface area contributed by atoms with Crippen LogP contribution in [0.5, 0.6) is 0 Å². The molecule has 6 nitrogen and oxygen atoms in total. The molecule has 0 saturated heterocycles. The first kappa shape index (κ1) is 12.8. The number of hydrogen-bond donors (Lipinski definition) is 3. The zero-order chi connectivity index (χ0) is 12.3. The van der Waals surface area contributed by atoms with Crippen LogP contribution in [0.4, 0.5) is 0 Å². The molecule has 16 heavy (non-hydrogen) atoms. The Bertz CT molecular complexity index is 298. The predicted molar refractivity (Wildman–Crippen MR) is 59.2 cm³/mol. The second-order valence-corrected chi connectivity index (χ2v) is 4.53. The Labute approximate surface area is 94.8 Å². The minimum atomic E-state index is -0.914. The van der Waals surface area contributed by atoms with E-state index in [1.165, 1.54) is 7.11 Å². The second-order valence-electron chi connectivity index (χ2n) is 4.53. The van der Waals surface area contributed by atoms with Crippen molar-refractivity contribution in [3.63, 3.8) is 0 Å². The molecule has 92 valence electrons. The summed E-state index contributed by atoms with van der Waals surface area (Å²) in [6.07, 6.45) is 1.96. The summed E-state index contributed by atoms with van der Waals surface area (Å²) in [5.41, 5.74) is 4.62. The second kappa shape index (κ2) is 4.69. The molecule has 0 heterocycles. The fraction of sp³-hybridized carbons (Fsp3) is 0.800. The van der Waals surface area contributed by atoms with Gasteiger partial charge in [0.15, 0.2) is 5.84 Å². The number of carbonyl (C=O) groups excluding carboxylic acids is 1. The lowest BCUT2D eigenvalue weighted by Gasteiger charge is -2.25. The molecule has 0 bridgehead atoms. The molecule has 0 aromatic rings. The van der Waals surface area contributed by atoms with E-state index in [-0.39, 0.29) is 17.7 Å². The van der Waals surface area contributed by atoms with Crippen molar-refractivity contribution in [3.8, 4) is 0 Å². The molecule has 6 heteroatoms. The lowest BCUT2D eigenvalue weighted by molar-refractivity contribution is -0.139. The molecule has 0 aromatic heterocycles. The number of hydrogen-bond acceptors (Lipinski definition) is 4. The van der Waals surface area contributed by atoms with E-state index in [0.717, 1.165) is 12.8 Å². The van der Waals surface area contributed by atoms with Gasteiger partial charge in [-0.15, -0.1) is 0 Å². The first-order chi connectivity index (χ1) is 7.42. The fourth-order valence-corrected chi connectivity index (χ4v) is 1.33. The van der Waals surface area contributed by atoms with Crippen LogP contribution in [0.25, 0.3) is 0 Å². The monoisotopic (exact) mass is 229 g/mol. The highest BCUT2D eigenvalue weighted by Crippen LogP contribution is 2.33. The Balaban J connectivity index is 2.66. The number of amides is 1. The van der Waals surface area contributed by atoms with Crippen molar-refractivity contribution in [2.24, 2.45) is 16.8 Å². The summed E-state index contributed by atoms with van der Waals surface area (Å²) < 4.78 is 5.06. The van der Waals surface area contributed by atoms with E-state index in [2.05, 4.69) is 10.5 Å².